The second-order valence-electron chi connectivity index (χ2n) is 5.92. The largest absolute Gasteiger partial charge is 0.359 e. The number of nitrogens with zero attached hydrogens (tertiary/aromatic N) is 3. The van der Waals surface area contributed by atoms with E-state index in [4.69, 9.17) is 4.52 Å². The zero-order chi connectivity index (χ0) is 18.1. The predicted molar refractivity (Wildman–Crippen MR) is 119 cm³/mol. The van der Waals surface area contributed by atoms with E-state index in [0.29, 0.717) is 12.5 Å². The van der Waals surface area contributed by atoms with Crippen molar-refractivity contribution in [2.75, 3.05) is 13.6 Å². The van der Waals surface area contributed by atoms with Crippen molar-refractivity contribution in [1.29, 1.82) is 0 Å². The quantitative estimate of drug-likeness (QED) is 0.314. The molecule has 0 aliphatic heterocycles. The molecule has 146 valence electrons. The molecule has 2 aromatic heterocycles. The molecule has 0 spiro atoms. The second kappa shape index (κ2) is 12.3. The molecule has 0 bridgehead atoms. The van der Waals surface area contributed by atoms with Gasteiger partial charge in [-0.05, 0) is 19.3 Å². The number of guanidine groups is 1. The average molecular weight is 491 g/mol. The molecule has 0 atom stereocenters. The molecule has 2 N–H and O–H groups in total. The minimum absolute atomic E-state index is 0. The lowest BCUT2D eigenvalue weighted by atomic mass is 9.99. The monoisotopic (exact) mass is 491 g/mol. The molecule has 0 fully saturated rings. The normalized spacial score (nSPS) is 11.5. The average Bonchev–Trinajstić information content (AvgIpc) is 3.28. The Bertz CT molecular complexity index is 666. The van der Waals surface area contributed by atoms with E-state index in [9.17, 15) is 0 Å². The van der Waals surface area contributed by atoms with Crippen molar-refractivity contribution in [2.24, 2.45) is 4.99 Å². The minimum Gasteiger partial charge on any atom is -0.359 e. The van der Waals surface area contributed by atoms with Crippen molar-refractivity contribution in [3.63, 3.8) is 0 Å². The molecule has 26 heavy (non-hydrogen) atoms. The van der Waals surface area contributed by atoms with Crippen molar-refractivity contribution in [3.05, 3.63) is 33.6 Å². The topological polar surface area (TPSA) is 75.3 Å². The molecule has 0 radical (unpaired) electrons. The number of rotatable bonds is 9. The van der Waals surface area contributed by atoms with Crippen LogP contribution in [-0.2, 0) is 19.4 Å². The molecule has 6 nitrogen and oxygen atoms in total. The maximum absolute atomic E-state index is 5.43. The molecule has 0 aliphatic rings. The highest BCUT2D eigenvalue weighted by atomic mass is 127. The number of hydrogen-bond donors (Lipinski definition) is 2. The fourth-order valence-electron chi connectivity index (χ4n) is 2.64. The van der Waals surface area contributed by atoms with Gasteiger partial charge in [-0.25, -0.2) is 4.98 Å². The van der Waals surface area contributed by atoms with Crippen molar-refractivity contribution in [2.45, 2.75) is 58.9 Å². The standard InChI is InChI=1S/C18H29N5OS.HI/c1-5-13(6-2)16-10-15(24-23-16)11-21-18(19-4)20-9-8-14-12-25-17(7-3)22-14;/h10,12-13H,5-9,11H2,1-4H3,(H2,19,20,21);1H. The van der Waals surface area contributed by atoms with Crippen LogP contribution in [0.1, 0.15) is 61.7 Å². The van der Waals surface area contributed by atoms with Crippen LogP contribution in [0.2, 0.25) is 0 Å². The molecule has 8 heteroatoms. The molecule has 2 rings (SSSR count). The Kier molecular flexibility index (Phi) is 10.8. The smallest absolute Gasteiger partial charge is 0.191 e. The van der Waals surface area contributed by atoms with Gasteiger partial charge in [0.2, 0.25) is 0 Å². The van der Waals surface area contributed by atoms with Gasteiger partial charge in [-0.1, -0.05) is 25.9 Å². The van der Waals surface area contributed by atoms with Gasteiger partial charge in [-0.2, -0.15) is 0 Å². The van der Waals surface area contributed by atoms with Crippen LogP contribution < -0.4 is 10.6 Å². The number of nitrogens with one attached hydrogen (secondary N) is 2. The molecule has 0 saturated carbocycles. The molecular formula is C18H30IN5OS. The van der Waals surface area contributed by atoms with Crippen LogP contribution in [0.15, 0.2) is 21.0 Å². The van der Waals surface area contributed by atoms with Crippen LogP contribution in [0.5, 0.6) is 0 Å². The van der Waals surface area contributed by atoms with Crippen LogP contribution >= 0.6 is 35.3 Å². The van der Waals surface area contributed by atoms with Gasteiger partial charge >= 0.3 is 0 Å². The van der Waals surface area contributed by atoms with Crippen LogP contribution in [0.25, 0.3) is 0 Å². The summed E-state index contributed by atoms with van der Waals surface area (Å²) in [7, 11) is 1.77. The fourth-order valence-corrected chi connectivity index (χ4v) is 3.42. The van der Waals surface area contributed by atoms with Gasteiger partial charge in [-0.15, -0.1) is 35.3 Å². The third-order valence-corrected chi connectivity index (χ3v) is 5.25. The SMILES string of the molecule is CCc1nc(CCNC(=NC)NCc2cc(C(CC)CC)no2)cs1.I. The number of aliphatic imine (C=N–C) groups is 1. The van der Waals surface area contributed by atoms with E-state index in [2.05, 4.69) is 51.9 Å². The van der Waals surface area contributed by atoms with Crippen molar-refractivity contribution >= 4 is 41.3 Å². The number of thiazole rings is 1. The molecule has 0 unspecified atom stereocenters. The summed E-state index contributed by atoms with van der Waals surface area (Å²) in [5, 5.41) is 14.1. The third kappa shape index (κ3) is 6.86. The zero-order valence-corrected chi connectivity index (χ0v) is 19.2. The minimum atomic E-state index is 0. The zero-order valence-electron chi connectivity index (χ0n) is 16.0. The summed E-state index contributed by atoms with van der Waals surface area (Å²) in [4.78, 5) is 8.82. The number of aryl methyl sites for hydroxylation is 1. The maximum atomic E-state index is 5.43. The van der Waals surface area contributed by atoms with Gasteiger partial charge < -0.3 is 15.2 Å². The van der Waals surface area contributed by atoms with Crippen LogP contribution in [-0.4, -0.2) is 29.7 Å². The van der Waals surface area contributed by atoms with E-state index in [1.807, 2.05) is 6.07 Å². The van der Waals surface area contributed by atoms with Gasteiger partial charge in [0, 0.05) is 37.4 Å². The second-order valence-corrected chi connectivity index (χ2v) is 6.86. The Hall–Kier alpha value is -1.16. The molecule has 2 heterocycles. The highest BCUT2D eigenvalue weighted by Crippen LogP contribution is 2.22. The van der Waals surface area contributed by atoms with E-state index < -0.39 is 0 Å². The van der Waals surface area contributed by atoms with E-state index in [-0.39, 0.29) is 24.0 Å². The summed E-state index contributed by atoms with van der Waals surface area (Å²) in [6, 6.07) is 2.04. The molecule has 0 amide bonds. The Balaban J connectivity index is 0.00000338. The Morgan fingerprint density at radius 3 is 2.65 bits per heavy atom. The van der Waals surface area contributed by atoms with Crippen LogP contribution in [0.4, 0.5) is 0 Å². The van der Waals surface area contributed by atoms with Gasteiger partial charge in [0.05, 0.1) is 22.9 Å². The Morgan fingerprint density at radius 2 is 2.04 bits per heavy atom. The highest BCUT2D eigenvalue weighted by Gasteiger charge is 2.13. The van der Waals surface area contributed by atoms with Gasteiger partial charge in [-0.3, -0.25) is 4.99 Å². The number of halogens is 1. The Labute approximate surface area is 177 Å². The third-order valence-electron chi connectivity index (χ3n) is 4.21. The fraction of sp³-hybridized carbons (Fsp3) is 0.611. The first kappa shape index (κ1) is 22.9. The first-order valence-electron chi connectivity index (χ1n) is 9.03. The van der Waals surface area contributed by atoms with Crippen LogP contribution in [0, 0.1) is 0 Å². The predicted octanol–water partition coefficient (Wildman–Crippen LogP) is 4.12. The van der Waals surface area contributed by atoms with E-state index in [1.165, 1.54) is 5.01 Å². The van der Waals surface area contributed by atoms with Crippen molar-refractivity contribution in [3.8, 4) is 0 Å². The highest BCUT2D eigenvalue weighted by molar-refractivity contribution is 14.0. The van der Waals surface area contributed by atoms with Crippen molar-refractivity contribution < 1.29 is 4.52 Å². The summed E-state index contributed by atoms with van der Waals surface area (Å²) in [5.74, 6) is 2.06. The van der Waals surface area contributed by atoms with Crippen molar-refractivity contribution in [1.82, 2.24) is 20.8 Å². The number of aromatic nitrogens is 2. The first-order chi connectivity index (χ1) is 12.2. The molecule has 2 aromatic rings. The summed E-state index contributed by atoms with van der Waals surface area (Å²) >= 11 is 1.73. The lowest BCUT2D eigenvalue weighted by Crippen LogP contribution is -2.37. The molecule has 0 saturated heterocycles. The van der Waals surface area contributed by atoms with Crippen LogP contribution in [0.3, 0.4) is 0 Å². The summed E-state index contributed by atoms with van der Waals surface area (Å²) in [6.45, 7) is 7.85. The van der Waals surface area contributed by atoms with E-state index >= 15 is 0 Å². The van der Waals surface area contributed by atoms with E-state index in [1.54, 1.807) is 18.4 Å². The lowest BCUT2D eigenvalue weighted by molar-refractivity contribution is 0.368. The van der Waals surface area contributed by atoms with E-state index in [0.717, 1.165) is 55.3 Å². The van der Waals surface area contributed by atoms with Gasteiger partial charge in [0.15, 0.2) is 11.7 Å². The summed E-state index contributed by atoms with van der Waals surface area (Å²) in [6.07, 6.45) is 4.04. The summed E-state index contributed by atoms with van der Waals surface area (Å²) in [5.41, 5.74) is 2.18. The maximum Gasteiger partial charge on any atom is 0.191 e. The molecule has 0 aliphatic carbocycles. The Morgan fingerprint density at radius 1 is 1.27 bits per heavy atom. The molecular weight excluding hydrogens is 461 g/mol. The van der Waals surface area contributed by atoms with Gasteiger partial charge in [0.1, 0.15) is 0 Å². The number of hydrogen-bond acceptors (Lipinski definition) is 5. The van der Waals surface area contributed by atoms with Gasteiger partial charge in [0.25, 0.3) is 0 Å². The molecule has 0 aromatic carbocycles. The lowest BCUT2D eigenvalue weighted by Gasteiger charge is -2.10. The first-order valence-corrected chi connectivity index (χ1v) is 9.91. The summed E-state index contributed by atoms with van der Waals surface area (Å²) < 4.78 is 5.43.